The third-order valence-electron chi connectivity index (χ3n) is 2.70. The number of methoxy groups -OCH3 is 1. The Labute approximate surface area is 122 Å². The molecular formula is C14H17N5O2. The lowest BCUT2D eigenvalue weighted by atomic mass is 10.2. The maximum absolute atomic E-state index is 12.0. The Kier molecular flexibility index (Phi) is 5.03. The number of hydrogen-bond donors (Lipinski definition) is 2. The Hall–Kier alpha value is -2.70. The molecule has 2 aromatic rings. The summed E-state index contributed by atoms with van der Waals surface area (Å²) in [5, 5.41) is 5.79. The molecule has 0 unspecified atom stereocenters. The molecule has 0 spiro atoms. The molecule has 2 heterocycles. The molecule has 2 aromatic heterocycles. The van der Waals surface area contributed by atoms with E-state index in [1.165, 1.54) is 12.4 Å². The van der Waals surface area contributed by atoms with E-state index in [9.17, 15) is 4.79 Å². The SMILES string of the molecule is CCNc1cnc(C(=O)NCc2ccnc(OC)c2)cn1. The third kappa shape index (κ3) is 4.13. The van der Waals surface area contributed by atoms with Crippen molar-refractivity contribution in [2.75, 3.05) is 19.0 Å². The zero-order valence-corrected chi connectivity index (χ0v) is 12.0. The third-order valence-corrected chi connectivity index (χ3v) is 2.70. The predicted molar refractivity (Wildman–Crippen MR) is 78.2 cm³/mol. The molecule has 0 atom stereocenters. The summed E-state index contributed by atoms with van der Waals surface area (Å²) in [7, 11) is 1.55. The van der Waals surface area contributed by atoms with Crippen molar-refractivity contribution in [3.8, 4) is 5.88 Å². The summed E-state index contributed by atoms with van der Waals surface area (Å²) >= 11 is 0. The molecule has 0 bridgehead atoms. The Morgan fingerprint density at radius 1 is 1.29 bits per heavy atom. The first-order valence-corrected chi connectivity index (χ1v) is 6.56. The zero-order chi connectivity index (χ0) is 15.1. The van der Waals surface area contributed by atoms with Crippen LogP contribution >= 0.6 is 0 Å². The number of nitrogens with one attached hydrogen (secondary N) is 2. The first kappa shape index (κ1) is 14.7. The quantitative estimate of drug-likeness (QED) is 0.831. The second-order valence-electron chi connectivity index (χ2n) is 4.21. The molecule has 7 nitrogen and oxygen atoms in total. The van der Waals surface area contributed by atoms with Crippen molar-refractivity contribution in [3.05, 3.63) is 42.0 Å². The van der Waals surface area contributed by atoms with Crippen LogP contribution in [0.3, 0.4) is 0 Å². The zero-order valence-electron chi connectivity index (χ0n) is 12.0. The van der Waals surface area contributed by atoms with Crippen LogP contribution in [-0.4, -0.2) is 34.5 Å². The molecule has 7 heteroatoms. The molecule has 0 aromatic carbocycles. The fourth-order valence-corrected chi connectivity index (χ4v) is 1.66. The first-order valence-electron chi connectivity index (χ1n) is 6.56. The lowest BCUT2D eigenvalue weighted by Crippen LogP contribution is -2.24. The summed E-state index contributed by atoms with van der Waals surface area (Å²) in [6.07, 6.45) is 4.61. The van der Waals surface area contributed by atoms with Crippen molar-refractivity contribution >= 4 is 11.7 Å². The smallest absolute Gasteiger partial charge is 0.271 e. The van der Waals surface area contributed by atoms with E-state index in [1.54, 1.807) is 19.4 Å². The summed E-state index contributed by atoms with van der Waals surface area (Å²) in [5.41, 5.74) is 1.17. The van der Waals surface area contributed by atoms with Gasteiger partial charge in [0.25, 0.3) is 5.91 Å². The van der Waals surface area contributed by atoms with Gasteiger partial charge in [0, 0.05) is 25.4 Å². The van der Waals surface area contributed by atoms with Crippen LogP contribution in [0.5, 0.6) is 5.88 Å². The van der Waals surface area contributed by atoms with Crippen molar-refractivity contribution in [3.63, 3.8) is 0 Å². The Bertz CT molecular complexity index is 601. The van der Waals surface area contributed by atoms with Crippen LogP contribution < -0.4 is 15.4 Å². The van der Waals surface area contributed by atoms with Crippen molar-refractivity contribution in [2.45, 2.75) is 13.5 Å². The molecule has 0 saturated carbocycles. The van der Waals surface area contributed by atoms with Crippen molar-refractivity contribution in [2.24, 2.45) is 0 Å². The highest BCUT2D eigenvalue weighted by molar-refractivity contribution is 5.91. The monoisotopic (exact) mass is 287 g/mol. The molecule has 0 aliphatic heterocycles. The van der Waals surface area contributed by atoms with Gasteiger partial charge in [-0.2, -0.15) is 0 Å². The van der Waals surface area contributed by atoms with E-state index in [0.29, 0.717) is 18.2 Å². The van der Waals surface area contributed by atoms with E-state index < -0.39 is 0 Å². The van der Waals surface area contributed by atoms with Gasteiger partial charge in [-0.05, 0) is 18.6 Å². The van der Waals surface area contributed by atoms with Crippen LogP contribution in [0.25, 0.3) is 0 Å². The van der Waals surface area contributed by atoms with E-state index in [4.69, 9.17) is 4.74 Å². The second kappa shape index (κ2) is 7.18. The second-order valence-corrected chi connectivity index (χ2v) is 4.21. The highest BCUT2D eigenvalue weighted by Crippen LogP contribution is 2.08. The standard InChI is InChI=1S/C14H17N5O2/c1-3-15-12-9-17-11(8-18-12)14(20)19-7-10-4-5-16-13(6-10)21-2/h4-6,8-9H,3,7H2,1-2H3,(H,15,18)(H,19,20). The van der Waals surface area contributed by atoms with Crippen LogP contribution in [0, 0.1) is 0 Å². The van der Waals surface area contributed by atoms with E-state index >= 15 is 0 Å². The van der Waals surface area contributed by atoms with Crippen LogP contribution in [0.1, 0.15) is 23.0 Å². The summed E-state index contributed by atoms with van der Waals surface area (Å²) in [6, 6.07) is 3.57. The van der Waals surface area contributed by atoms with Crippen LogP contribution in [-0.2, 0) is 6.54 Å². The van der Waals surface area contributed by atoms with Gasteiger partial charge < -0.3 is 15.4 Å². The molecule has 0 radical (unpaired) electrons. The minimum Gasteiger partial charge on any atom is -0.481 e. The number of carbonyl (C=O) groups excluding carboxylic acids is 1. The number of anilines is 1. The summed E-state index contributed by atoms with van der Waals surface area (Å²) in [5.74, 6) is 0.880. The van der Waals surface area contributed by atoms with Gasteiger partial charge >= 0.3 is 0 Å². The molecule has 0 fully saturated rings. The number of carbonyl (C=O) groups is 1. The van der Waals surface area contributed by atoms with Gasteiger partial charge in [-0.1, -0.05) is 0 Å². The molecule has 0 aliphatic rings. The maximum Gasteiger partial charge on any atom is 0.271 e. The average Bonchev–Trinajstić information content (AvgIpc) is 2.54. The molecule has 1 amide bonds. The molecule has 2 rings (SSSR count). The van der Waals surface area contributed by atoms with Crippen LogP contribution in [0.2, 0.25) is 0 Å². The molecule has 110 valence electrons. The summed E-state index contributed by atoms with van der Waals surface area (Å²) in [4.78, 5) is 24.1. The lowest BCUT2D eigenvalue weighted by Gasteiger charge is -2.06. The van der Waals surface area contributed by atoms with Crippen molar-refractivity contribution < 1.29 is 9.53 Å². The average molecular weight is 287 g/mol. The highest BCUT2D eigenvalue weighted by atomic mass is 16.5. The topological polar surface area (TPSA) is 89.0 Å². The number of nitrogens with zero attached hydrogens (tertiary/aromatic N) is 3. The minimum absolute atomic E-state index is 0.276. The maximum atomic E-state index is 12.0. The van der Waals surface area contributed by atoms with Crippen LogP contribution in [0.15, 0.2) is 30.7 Å². The number of amides is 1. The number of rotatable bonds is 6. The van der Waals surface area contributed by atoms with E-state index in [1.807, 2.05) is 13.0 Å². The Morgan fingerprint density at radius 2 is 2.14 bits per heavy atom. The fourth-order valence-electron chi connectivity index (χ4n) is 1.66. The van der Waals surface area contributed by atoms with E-state index in [-0.39, 0.29) is 11.6 Å². The number of ether oxygens (including phenoxy) is 1. The largest absolute Gasteiger partial charge is 0.481 e. The minimum atomic E-state index is -0.277. The van der Waals surface area contributed by atoms with Gasteiger partial charge in [0.2, 0.25) is 5.88 Å². The molecule has 2 N–H and O–H groups in total. The van der Waals surface area contributed by atoms with Gasteiger partial charge in [-0.15, -0.1) is 0 Å². The van der Waals surface area contributed by atoms with E-state index in [0.717, 1.165) is 12.1 Å². The van der Waals surface area contributed by atoms with Gasteiger partial charge in [-0.3, -0.25) is 4.79 Å². The lowest BCUT2D eigenvalue weighted by molar-refractivity contribution is 0.0945. The molecule has 0 saturated heterocycles. The van der Waals surface area contributed by atoms with Crippen molar-refractivity contribution in [1.82, 2.24) is 20.3 Å². The Balaban J connectivity index is 1.94. The van der Waals surface area contributed by atoms with Gasteiger partial charge in [0.15, 0.2) is 0 Å². The van der Waals surface area contributed by atoms with Crippen LogP contribution in [0.4, 0.5) is 5.82 Å². The van der Waals surface area contributed by atoms with Crippen molar-refractivity contribution in [1.29, 1.82) is 0 Å². The predicted octanol–water partition coefficient (Wildman–Crippen LogP) is 1.24. The normalized spacial score (nSPS) is 10.0. The Morgan fingerprint density at radius 3 is 2.81 bits per heavy atom. The van der Waals surface area contributed by atoms with Gasteiger partial charge in [0.05, 0.1) is 19.5 Å². The fraction of sp³-hybridized carbons (Fsp3) is 0.286. The summed E-state index contributed by atoms with van der Waals surface area (Å²) in [6.45, 7) is 3.09. The number of pyridine rings is 1. The highest BCUT2D eigenvalue weighted by Gasteiger charge is 2.08. The molecule has 0 aliphatic carbocycles. The van der Waals surface area contributed by atoms with E-state index in [2.05, 4.69) is 25.6 Å². The van der Waals surface area contributed by atoms with Gasteiger partial charge in [0.1, 0.15) is 11.5 Å². The number of hydrogen-bond acceptors (Lipinski definition) is 6. The molecule has 21 heavy (non-hydrogen) atoms. The first-order chi connectivity index (χ1) is 10.2. The number of aromatic nitrogens is 3. The van der Waals surface area contributed by atoms with Gasteiger partial charge in [-0.25, -0.2) is 15.0 Å². The summed E-state index contributed by atoms with van der Waals surface area (Å²) < 4.78 is 5.03. The molecular weight excluding hydrogens is 270 g/mol.